The second-order valence-electron chi connectivity index (χ2n) is 8.64. The minimum absolute atomic E-state index is 0.0529. The fraction of sp³-hybridized carbons (Fsp3) is 0.636. The third-order valence-electron chi connectivity index (χ3n) is 5.87. The topological polar surface area (TPSA) is 60.0 Å². The fourth-order valence-electron chi connectivity index (χ4n) is 4.03. The number of carbonyl (C=O) groups excluding carboxylic acids is 1. The summed E-state index contributed by atoms with van der Waals surface area (Å²) in [5.74, 6) is 0.617. The van der Waals surface area contributed by atoms with E-state index in [1.807, 2.05) is 0 Å². The van der Waals surface area contributed by atoms with E-state index < -0.39 is 11.7 Å². The summed E-state index contributed by atoms with van der Waals surface area (Å²) in [5.41, 5.74) is 0.242. The highest BCUT2D eigenvalue weighted by Crippen LogP contribution is 2.29. The first-order chi connectivity index (χ1) is 14.7. The number of likely N-dealkylation sites (tertiary alicyclic amines) is 1. The summed E-state index contributed by atoms with van der Waals surface area (Å²) in [5, 5.41) is 6.92. The number of amides is 1. The van der Waals surface area contributed by atoms with Crippen molar-refractivity contribution in [2.45, 2.75) is 56.9 Å². The predicted octanol–water partition coefficient (Wildman–Crippen LogP) is 2.85. The number of likely N-dealkylation sites (N-methyl/N-ethyl adjacent to an activating group) is 1. The van der Waals surface area contributed by atoms with Crippen LogP contribution in [-0.2, 0) is 17.5 Å². The van der Waals surface area contributed by atoms with Crippen molar-refractivity contribution in [1.82, 2.24) is 20.4 Å². The van der Waals surface area contributed by atoms with Gasteiger partial charge in [0, 0.05) is 45.8 Å². The molecule has 9 heteroatoms. The molecule has 1 saturated heterocycles. The molecule has 1 aliphatic heterocycles. The van der Waals surface area contributed by atoms with Gasteiger partial charge < -0.3 is 15.5 Å². The lowest BCUT2D eigenvalue weighted by molar-refractivity contribution is -0.137. The fourth-order valence-corrected chi connectivity index (χ4v) is 4.03. The molecule has 1 aromatic carbocycles. The van der Waals surface area contributed by atoms with Crippen molar-refractivity contribution in [2.75, 3.05) is 33.7 Å². The predicted molar refractivity (Wildman–Crippen MR) is 115 cm³/mol. The Morgan fingerprint density at radius 3 is 2.35 bits per heavy atom. The molecule has 1 heterocycles. The van der Waals surface area contributed by atoms with E-state index in [9.17, 15) is 18.0 Å². The Morgan fingerprint density at radius 1 is 1.10 bits per heavy atom. The van der Waals surface area contributed by atoms with Crippen LogP contribution >= 0.6 is 0 Å². The van der Waals surface area contributed by atoms with Crippen LogP contribution in [0.15, 0.2) is 29.3 Å². The van der Waals surface area contributed by atoms with Crippen LogP contribution in [0, 0.1) is 0 Å². The van der Waals surface area contributed by atoms with E-state index in [2.05, 4.69) is 20.5 Å². The maximum absolute atomic E-state index is 12.7. The highest BCUT2D eigenvalue weighted by atomic mass is 19.4. The number of aliphatic imine (C=N–C) groups is 1. The normalized spacial score (nSPS) is 20.8. The smallest absolute Gasteiger partial charge is 0.354 e. The summed E-state index contributed by atoms with van der Waals surface area (Å²) in [6.07, 6.45) is 1.21. The van der Waals surface area contributed by atoms with E-state index in [1.54, 1.807) is 26.2 Å². The largest absolute Gasteiger partial charge is 0.416 e. The molecule has 2 N–H and O–H groups in total. The van der Waals surface area contributed by atoms with Gasteiger partial charge in [0.1, 0.15) is 6.54 Å². The first kappa shape index (κ1) is 23.4. The summed E-state index contributed by atoms with van der Waals surface area (Å²) in [6, 6.07) is 5.93. The van der Waals surface area contributed by atoms with Crippen LogP contribution < -0.4 is 10.6 Å². The van der Waals surface area contributed by atoms with Gasteiger partial charge >= 0.3 is 6.18 Å². The average molecular weight is 440 g/mol. The lowest BCUT2D eigenvalue weighted by Crippen LogP contribution is -2.48. The van der Waals surface area contributed by atoms with E-state index in [-0.39, 0.29) is 18.5 Å². The lowest BCUT2D eigenvalue weighted by atomic mass is 10.1. The van der Waals surface area contributed by atoms with Crippen LogP contribution in [0.5, 0.6) is 0 Å². The Labute approximate surface area is 181 Å². The Bertz CT molecular complexity index is 757. The standard InChI is InChI=1S/C22H32F3N5O/c1-29(2)20(31)13-26-21(27-18-5-3-4-6-18)28-19-11-12-30(15-19)14-16-7-9-17(10-8-16)22(23,24)25/h7-10,18-19H,3-6,11-15H2,1-2H3,(H2,26,27,28). The van der Waals surface area contributed by atoms with E-state index in [0.29, 0.717) is 18.5 Å². The first-order valence-electron chi connectivity index (χ1n) is 10.9. The van der Waals surface area contributed by atoms with Gasteiger partial charge in [-0.15, -0.1) is 0 Å². The van der Waals surface area contributed by atoms with Gasteiger partial charge in [0.15, 0.2) is 5.96 Å². The van der Waals surface area contributed by atoms with Crippen molar-refractivity contribution < 1.29 is 18.0 Å². The Balaban J connectivity index is 1.54. The molecule has 0 spiro atoms. The summed E-state index contributed by atoms with van der Waals surface area (Å²) >= 11 is 0. The molecule has 1 amide bonds. The molecule has 0 radical (unpaired) electrons. The van der Waals surface area contributed by atoms with E-state index in [4.69, 9.17) is 0 Å². The van der Waals surface area contributed by atoms with Crippen LogP contribution in [0.2, 0.25) is 0 Å². The second kappa shape index (κ2) is 10.3. The number of hydrogen-bond donors (Lipinski definition) is 2. The summed E-state index contributed by atoms with van der Waals surface area (Å²) < 4.78 is 38.2. The van der Waals surface area contributed by atoms with Crippen molar-refractivity contribution in [3.05, 3.63) is 35.4 Å². The molecule has 2 aliphatic rings. The van der Waals surface area contributed by atoms with Crippen molar-refractivity contribution in [3.8, 4) is 0 Å². The zero-order valence-corrected chi connectivity index (χ0v) is 18.2. The maximum Gasteiger partial charge on any atom is 0.416 e. The molecule has 0 aromatic heterocycles. The Kier molecular flexibility index (Phi) is 7.80. The second-order valence-corrected chi connectivity index (χ2v) is 8.64. The van der Waals surface area contributed by atoms with Gasteiger partial charge in [-0.1, -0.05) is 25.0 Å². The number of alkyl halides is 3. The molecule has 0 bridgehead atoms. The van der Waals surface area contributed by atoms with Gasteiger partial charge in [0.2, 0.25) is 5.91 Å². The quantitative estimate of drug-likeness (QED) is 0.529. The molecule has 1 aromatic rings. The maximum atomic E-state index is 12.7. The van der Waals surface area contributed by atoms with Crippen molar-refractivity contribution in [1.29, 1.82) is 0 Å². The summed E-state index contributed by atoms with van der Waals surface area (Å²) in [4.78, 5) is 20.2. The van der Waals surface area contributed by atoms with Crippen molar-refractivity contribution >= 4 is 11.9 Å². The van der Waals surface area contributed by atoms with Crippen molar-refractivity contribution in [3.63, 3.8) is 0 Å². The summed E-state index contributed by atoms with van der Waals surface area (Å²) in [7, 11) is 3.43. The zero-order chi connectivity index (χ0) is 22.4. The first-order valence-corrected chi connectivity index (χ1v) is 10.9. The van der Waals surface area contributed by atoms with Gasteiger partial charge in [-0.3, -0.25) is 9.69 Å². The molecular weight excluding hydrogens is 407 g/mol. The number of guanidine groups is 1. The summed E-state index contributed by atoms with van der Waals surface area (Å²) in [6.45, 7) is 2.33. The van der Waals surface area contributed by atoms with Gasteiger partial charge in [0.25, 0.3) is 0 Å². The van der Waals surface area contributed by atoms with Gasteiger partial charge in [0.05, 0.1) is 5.56 Å². The van der Waals surface area contributed by atoms with Crippen molar-refractivity contribution in [2.24, 2.45) is 4.99 Å². The molecule has 1 saturated carbocycles. The highest BCUT2D eigenvalue weighted by Gasteiger charge is 2.30. The minimum Gasteiger partial charge on any atom is -0.354 e. The zero-order valence-electron chi connectivity index (χ0n) is 18.2. The number of nitrogens with zero attached hydrogens (tertiary/aromatic N) is 3. The molecule has 1 atom stereocenters. The molecule has 172 valence electrons. The highest BCUT2D eigenvalue weighted by molar-refractivity contribution is 5.85. The van der Waals surface area contributed by atoms with Gasteiger partial charge in [-0.25, -0.2) is 4.99 Å². The molecule has 3 rings (SSSR count). The molecule has 1 unspecified atom stereocenters. The number of halogens is 3. The number of hydrogen-bond acceptors (Lipinski definition) is 3. The number of rotatable bonds is 6. The number of nitrogens with one attached hydrogen (secondary N) is 2. The van der Waals surface area contributed by atoms with Gasteiger partial charge in [-0.05, 0) is 37.0 Å². The van der Waals surface area contributed by atoms with Crippen LogP contribution in [0.25, 0.3) is 0 Å². The third kappa shape index (κ3) is 7.12. The molecule has 1 aliphatic carbocycles. The molecule has 31 heavy (non-hydrogen) atoms. The van der Waals surface area contributed by atoms with Crippen LogP contribution in [0.4, 0.5) is 13.2 Å². The Hall–Kier alpha value is -2.29. The van der Waals surface area contributed by atoms with E-state index in [0.717, 1.165) is 50.0 Å². The number of benzene rings is 1. The van der Waals surface area contributed by atoms with Gasteiger partial charge in [-0.2, -0.15) is 13.2 Å². The van der Waals surface area contributed by atoms with Crippen LogP contribution in [0.3, 0.4) is 0 Å². The minimum atomic E-state index is -4.31. The molecule has 6 nitrogen and oxygen atoms in total. The van der Waals surface area contributed by atoms with E-state index in [1.165, 1.54) is 17.7 Å². The van der Waals surface area contributed by atoms with Crippen LogP contribution in [0.1, 0.15) is 43.2 Å². The molecule has 2 fully saturated rings. The van der Waals surface area contributed by atoms with Crippen LogP contribution in [-0.4, -0.2) is 67.5 Å². The van der Waals surface area contributed by atoms with E-state index >= 15 is 0 Å². The SMILES string of the molecule is CN(C)C(=O)CN=C(NC1CCCC1)NC1CCN(Cc2ccc(C(F)(F)F)cc2)C1. The number of carbonyl (C=O) groups is 1. The lowest BCUT2D eigenvalue weighted by Gasteiger charge is -2.22. The molecular formula is C22H32F3N5O. The third-order valence-corrected chi connectivity index (χ3v) is 5.87. The Morgan fingerprint density at radius 2 is 1.74 bits per heavy atom. The average Bonchev–Trinajstić information content (AvgIpc) is 3.37. The monoisotopic (exact) mass is 439 g/mol.